The van der Waals surface area contributed by atoms with Crippen LogP contribution in [0.2, 0.25) is 0 Å². The summed E-state index contributed by atoms with van der Waals surface area (Å²) in [6, 6.07) is 13.0. The first-order valence-corrected chi connectivity index (χ1v) is 7.38. The molecule has 0 bridgehead atoms. The van der Waals surface area contributed by atoms with Gasteiger partial charge in [-0.3, -0.25) is 0 Å². The molecule has 0 saturated heterocycles. The van der Waals surface area contributed by atoms with Crippen LogP contribution in [0.5, 0.6) is 0 Å². The highest BCUT2D eigenvalue weighted by Gasteiger charge is 2.01. The molecular formula is C16H21NS. The van der Waals surface area contributed by atoms with Gasteiger partial charge in [-0.05, 0) is 50.4 Å². The number of aryl methyl sites for hydroxylation is 3. The fraction of sp³-hybridized carbons (Fsp3) is 0.375. The summed E-state index contributed by atoms with van der Waals surface area (Å²) in [7, 11) is 0. The van der Waals surface area contributed by atoms with E-state index >= 15 is 0 Å². The van der Waals surface area contributed by atoms with E-state index in [9.17, 15) is 0 Å². The van der Waals surface area contributed by atoms with Crippen LogP contribution in [-0.2, 0) is 13.0 Å². The molecule has 1 aromatic carbocycles. The number of nitrogens with one attached hydrogen (secondary N) is 1. The fourth-order valence-corrected chi connectivity index (χ4v) is 3.09. The van der Waals surface area contributed by atoms with Crippen molar-refractivity contribution in [1.82, 2.24) is 5.32 Å². The lowest BCUT2D eigenvalue weighted by atomic mass is 10.1. The molecule has 0 unspecified atom stereocenters. The monoisotopic (exact) mass is 259 g/mol. The summed E-state index contributed by atoms with van der Waals surface area (Å²) >= 11 is 1.89. The second-order valence-corrected chi connectivity index (χ2v) is 6.16. The Kier molecular flexibility index (Phi) is 4.97. The van der Waals surface area contributed by atoms with Crippen LogP contribution in [-0.4, -0.2) is 6.54 Å². The second kappa shape index (κ2) is 6.72. The van der Waals surface area contributed by atoms with Crippen LogP contribution in [0.15, 0.2) is 36.4 Å². The lowest BCUT2D eigenvalue weighted by Crippen LogP contribution is -2.15. The Morgan fingerprint density at radius 3 is 2.56 bits per heavy atom. The summed E-state index contributed by atoms with van der Waals surface area (Å²) in [5, 5.41) is 3.53. The molecule has 1 N–H and O–H groups in total. The topological polar surface area (TPSA) is 12.0 Å². The van der Waals surface area contributed by atoms with E-state index < -0.39 is 0 Å². The molecule has 0 atom stereocenters. The third kappa shape index (κ3) is 3.97. The number of thiophene rings is 1. The molecular weight excluding hydrogens is 238 g/mol. The van der Waals surface area contributed by atoms with Gasteiger partial charge in [0, 0.05) is 16.3 Å². The van der Waals surface area contributed by atoms with Gasteiger partial charge in [0.2, 0.25) is 0 Å². The summed E-state index contributed by atoms with van der Waals surface area (Å²) in [6.07, 6.45) is 2.36. The molecule has 1 heterocycles. The molecule has 1 aromatic heterocycles. The Morgan fingerprint density at radius 2 is 1.89 bits per heavy atom. The minimum Gasteiger partial charge on any atom is -0.313 e. The van der Waals surface area contributed by atoms with Gasteiger partial charge in [0.1, 0.15) is 0 Å². The van der Waals surface area contributed by atoms with Gasteiger partial charge in [-0.25, -0.2) is 0 Å². The number of hydrogen-bond acceptors (Lipinski definition) is 2. The van der Waals surface area contributed by atoms with Crippen LogP contribution >= 0.6 is 11.3 Å². The van der Waals surface area contributed by atoms with Gasteiger partial charge in [-0.15, -0.1) is 11.3 Å². The Bertz CT molecular complexity index is 473. The third-order valence-electron chi connectivity index (χ3n) is 3.12. The molecule has 2 aromatic rings. The Morgan fingerprint density at radius 1 is 1.11 bits per heavy atom. The van der Waals surface area contributed by atoms with Crippen molar-refractivity contribution in [2.45, 2.75) is 33.2 Å². The maximum atomic E-state index is 3.53. The summed E-state index contributed by atoms with van der Waals surface area (Å²) in [5.41, 5.74) is 2.89. The van der Waals surface area contributed by atoms with E-state index in [0.717, 1.165) is 19.5 Å². The zero-order chi connectivity index (χ0) is 12.8. The number of hydrogen-bond donors (Lipinski definition) is 1. The largest absolute Gasteiger partial charge is 0.313 e. The van der Waals surface area contributed by atoms with Gasteiger partial charge >= 0.3 is 0 Å². The summed E-state index contributed by atoms with van der Waals surface area (Å²) in [6.45, 7) is 6.48. The van der Waals surface area contributed by atoms with Crippen molar-refractivity contribution in [2.24, 2.45) is 0 Å². The van der Waals surface area contributed by atoms with E-state index in [1.807, 2.05) is 11.3 Å². The molecule has 0 aliphatic heterocycles. The average molecular weight is 259 g/mol. The Hall–Kier alpha value is -1.12. The molecule has 96 valence electrons. The van der Waals surface area contributed by atoms with Gasteiger partial charge in [0.25, 0.3) is 0 Å². The zero-order valence-electron chi connectivity index (χ0n) is 11.2. The molecule has 2 rings (SSSR count). The molecule has 0 fully saturated rings. The van der Waals surface area contributed by atoms with Crippen LogP contribution in [0.25, 0.3) is 0 Å². The van der Waals surface area contributed by atoms with E-state index in [0.29, 0.717) is 0 Å². The van der Waals surface area contributed by atoms with Crippen LogP contribution < -0.4 is 5.32 Å². The molecule has 0 radical (unpaired) electrons. The van der Waals surface area contributed by atoms with E-state index in [-0.39, 0.29) is 0 Å². The molecule has 2 heteroatoms. The third-order valence-corrected chi connectivity index (χ3v) is 4.13. The number of benzene rings is 1. The van der Waals surface area contributed by atoms with Gasteiger partial charge in [-0.2, -0.15) is 0 Å². The highest BCUT2D eigenvalue weighted by molar-refractivity contribution is 7.12. The number of rotatable bonds is 6. The van der Waals surface area contributed by atoms with E-state index in [4.69, 9.17) is 0 Å². The van der Waals surface area contributed by atoms with Gasteiger partial charge < -0.3 is 5.32 Å². The van der Waals surface area contributed by atoms with Crippen molar-refractivity contribution in [2.75, 3.05) is 6.54 Å². The quantitative estimate of drug-likeness (QED) is 0.771. The SMILES string of the molecule is Cc1cc(CNCCCc2ccccc2)c(C)s1. The van der Waals surface area contributed by atoms with Crippen LogP contribution in [0.4, 0.5) is 0 Å². The molecule has 0 amide bonds. The summed E-state index contributed by atoms with van der Waals surface area (Å²) in [4.78, 5) is 2.86. The van der Waals surface area contributed by atoms with Crippen molar-refractivity contribution in [3.05, 3.63) is 57.3 Å². The molecule has 0 aliphatic carbocycles. The highest BCUT2D eigenvalue weighted by atomic mass is 32.1. The van der Waals surface area contributed by atoms with Gasteiger partial charge in [-0.1, -0.05) is 30.3 Å². The zero-order valence-corrected chi connectivity index (χ0v) is 12.0. The predicted octanol–water partition coefficient (Wildman–Crippen LogP) is 4.09. The van der Waals surface area contributed by atoms with Gasteiger partial charge in [0.15, 0.2) is 0 Å². The van der Waals surface area contributed by atoms with Crippen LogP contribution in [0, 0.1) is 13.8 Å². The van der Waals surface area contributed by atoms with Crippen molar-refractivity contribution in [3.8, 4) is 0 Å². The lowest BCUT2D eigenvalue weighted by molar-refractivity contribution is 0.649. The first-order valence-electron chi connectivity index (χ1n) is 6.56. The van der Waals surface area contributed by atoms with Crippen LogP contribution in [0.3, 0.4) is 0 Å². The summed E-state index contributed by atoms with van der Waals surface area (Å²) in [5.74, 6) is 0. The molecule has 0 spiro atoms. The van der Waals surface area contributed by atoms with Crippen LogP contribution in [0.1, 0.15) is 27.3 Å². The smallest absolute Gasteiger partial charge is 0.0216 e. The van der Waals surface area contributed by atoms with E-state index in [2.05, 4.69) is 55.6 Å². The second-order valence-electron chi connectivity index (χ2n) is 4.70. The lowest BCUT2D eigenvalue weighted by Gasteiger charge is -2.04. The molecule has 0 aliphatic rings. The Balaban J connectivity index is 1.66. The molecule has 18 heavy (non-hydrogen) atoms. The average Bonchev–Trinajstić information content (AvgIpc) is 2.69. The minimum absolute atomic E-state index is 1.00. The highest BCUT2D eigenvalue weighted by Crippen LogP contribution is 2.20. The molecule has 0 saturated carbocycles. The standard InChI is InChI=1S/C16H21NS/c1-13-11-16(14(2)18-13)12-17-10-6-9-15-7-4-3-5-8-15/h3-5,7-8,11,17H,6,9-10,12H2,1-2H3. The van der Waals surface area contributed by atoms with Gasteiger partial charge in [0.05, 0.1) is 0 Å². The molecule has 1 nitrogen and oxygen atoms in total. The first kappa shape index (κ1) is 13.3. The maximum absolute atomic E-state index is 3.53. The van der Waals surface area contributed by atoms with Crippen molar-refractivity contribution < 1.29 is 0 Å². The Labute approximate surface area is 114 Å². The fourth-order valence-electron chi connectivity index (χ4n) is 2.14. The van der Waals surface area contributed by atoms with Crippen molar-refractivity contribution in [3.63, 3.8) is 0 Å². The predicted molar refractivity (Wildman–Crippen MR) is 80.3 cm³/mol. The normalized spacial score (nSPS) is 10.8. The van der Waals surface area contributed by atoms with E-state index in [1.54, 1.807) is 0 Å². The summed E-state index contributed by atoms with van der Waals surface area (Å²) < 4.78 is 0. The maximum Gasteiger partial charge on any atom is 0.0216 e. The van der Waals surface area contributed by atoms with E-state index in [1.165, 1.54) is 27.3 Å². The minimum atomic E-state index is 1.00. The first-order chi connectivity index (χ1) is 8.75. The van der Waals surface area contributed by atoms with Crippen molar-refractivity contribution >= 4 is 11.3 Å². The van der Waals surface area contributed by atoms with Crippen molar-refractivity contribution in [1.29, 1.82) is 0 Å².